The average Bonchev–Trinajstić information content (AvgIpc) is 2.81. The second kappa shape index (κ2) is 10.9. The molecule has 5 nitrogen and oxygen atoms in total. The van der Waals surface area contributed by atoms with Gasteiger partial charge in [0.15, 0.2) is 5.96 Å². The van der Waals surface area contributed by atoms with Gasteiger partial charge >= 0.3 is 0 Å². The van der Waals surface area contributed by atoms with Gasteiger partial charge in [0.2, 0.25) is 0 Å². The van der Waals surface area contributed by atoms with Crippen molar-refractivity contribution in [1.82, 2.24) is 10.2 Å². The number of carbonyl (C=O) groups excluding carboxylic acids is 1. The fourth-order valence-electron chi connectivity index (χ4n) is 2.44. The van der Waals surface area contributed by atoms with Crippen LogP contribution >= 0.6 is 39.9 Å². The van der Waals surface area contributed by atoms with Gasteiger partial charge in [-0.1, -0.05) is 28.8 Å². The summed E-state index contributed by atoms with van der Waals surface area (Å²) in [6.07, 6.45) is 4.90. The molecule has 2 rings (SSSR count). The van der Waals surface area contributed by atoms with E-state index in [4.69, 9.17) is 5.73 Å². The molecule has 7 heteroatoms. The Labute approximate surface area is 163 Å². The van der Waals surface area contributed by atoms with Crippen molar-refractivity contribution in [2.24, 2.45) is 10.7 Å². The van der Waals surface area contributed by atoms with E-state index in [1.54, 1.807) is 12.1 Å². The van der Waals surface area contributed by atoms with E-state index in [9.17, 15) is 4.79 Å². The van der Waals surface area contributed by atoms with Crippen LogP contribution in [0.25, 0.3) is 0 Å². The Balaban J connectivity index is 0.00000264. The topological polar surface area (TPSA) is 70.7 Å². The molecule has 1 aliphatic heterocycles. The lowest BCUT2D eigenvalue weighted by Gasteiger charge is -2.21. The Morgan fingerprint density at radius 3 is 2.39 bits per heavy atom. The van der Waals surface area contributed by atoms with E-state index < -0.39 is 0 Å². The van der Waals surface area contributed by atoms with Gasteiger partial charge in [-0.2, -0.15) is 0 Å². The summed E-state index contributed by atoms with van der Waals surface area (Å²) in [6, 6.07) is 7.28. The maximum Gasteiger partial charge on any atom is 0.251 e. The fourth-order valence-corrected chi connectivity index (χ4v) is 2.71. The van der Waals surface area contributed by atoms with Gasteiger partial charge in [-0.15, -0.1) is 24.0 Å². The van der Waals surface area contributed by atoms with Crippen LogP contribution in [0.4, 0.5) is 0 Å². The number of hydrogen-bond acceptors (Lipinski definition) is 2. The number of aliphatic imine (C=N–C) groups is 1. The van der Waals surface area contributed by atoms with Crippen LogP contribution in [0, 0.1) is 0 Å². The number of halogens is 2. The first-order valence-electron chi connectivity index (χ1n) is 7.75. The smallest absolute Gasteiger partial charge is 0.251 e. The predicted octanol–water partition coefficient (Wildman–Crippen LogP) is 2.99. The molecule has 0 aliphatic carbocycles. The summed E-state index contributed by atoms with van der Waals surface area (Å²) in [5, 5.41) is 2.85. The number of carbonyl (C=O) groups is 1. The van der Waals surface area contributed by atoms with E-state index in [0.29, 0.717) is 24.6 Å². The highest BCUT2D eigenvalue weighted by Crippen LogP contribution is 2.10. The zero-order valence-corrected chi connectivity index (χ0v) is 17.0. The van der Waals surface area contributed by atoms with Crippen LogP contribution in [-0.2, 0) is 0 Å². The van der Waals surface area contributed by atoms with Crippen LogP contribution in [0.2, 0.25) is 0 Å². The first-order chi connectivity index (χ1) is 10.7. The zero-order chi connectivity index (χ0) is 15.8. The molecule has 0 unspecified atom stereocenters. The van der Waals surface area contributed by atoms with E-state index in [0.717, 1.165) is 17.6 Å². The van der Waals surface area contributed by atoms with Crippen molar-refractivity contribution in [3.05, 3.63) is 34.3 Å². The van der Waals surface area contributed by atoms with Crippen LogP contribution in [0.5, 0.6) is 0 Å². The highest BCUT2D eigenvalue weighted by atomic mass is 127. The lowest BCUT2D eigenvalue weighted by molar-refractivity contribution is 0.0955. The maximum absolute atomic E-state index is 11.9. The van der Waals surface area contributed by atoms with Crippen molar-refractivity contribution in [2.45, 2.75) is 25.7 Å². The Morgan fingerprint density at radius 2 is 1.78 bits per heavy atom. The van der Waals surface area contributed by atoms with Gasteiger partial charge in [0.1, 0.15) is 0 Å². The molecule has 0 radical (unpaired) electrons. The molecule has 0 spiro atoms. The summed E-state index contributed by atoms with van der Waals surface area (Å²) in [6.45, 7) is 2.97. The molecule has 0 bridgehead atoms. The number of nitrogens with two attached hydrogens (primary N) is 1. The van der Waals surface area contributed by atoms with Crippen LogP contribution in [0.15, 0.2) is 33.7 Å². The van der Waals surface area contributed by atoms with E-state index in [1.807, 2.05) is 12.1 Å². The molecule has 23 heavy (non-hydrogen) atoms. The number of likely N-dealkylation sites (tertiary alicyclic amines) is 1. The number of nitrogens with one attached hydrogen (secondary N) is 1. The first-order valence-corrected chi connectivity index (χ1v) is 8.55. The minimum absolute atomic E-state index is 0. The summed E-state index contributed by atoms with van der Waals surface area (Å²) in [4.78, 5) is 18.4. The largest absolute Gasteiger partial charge is 0.370 e. The number of benzene rings is 1. The second-order valence-corrected chi connectivity index (χ2v) is 6.32. The van der Waals surface area contributed by atoms with E-state index in [-0.39, 0.29) is 29.9 Å². The maximum atomic E-state index is 11.9. The second-order valence-electron chi connectivity index (χ2n) is 5.40. The SMILES string of the molecule is I.NC(=NCCNC(=O)c1ccc(Br)cc1)N1CCCCCC1. The highest BCUT2D eigenvalue weighted by molar-refractivity contribution is 14.0. The minimum atomic E-state index is -0.0870. The van der Waals surface area contributed by atoms with Gasteiger partial charge in [0.05, 0.1) is 6.54 Å². The molecule has 0 saturated carbocycles. The van der Waals surface area contributed by atoms with Crippen molar-refractivity contribution >= 4 is 51.8 Å². The summed E-state index contributed by atoms with van der Waals surface area (Å²) in [5.41, 5.74) is 6.67. The summed E-state index contributed by atoms with van der Waals surface area (Å²) in [5.74, 6) is 0.510. The molecule has 1 fully saturated rings. The third-order valence-electron chi connectivity index (χ3n) is 3.71. The summed E-state index contributed by atoms with van der Waals surface area (Å²) >= 11 is 3.35. The van der Waals surface area contributed by atoms with Gasteiger partial charge in [-0.3, -0.25) is 9.79 Å². The van der Waals surface area contributed by atoms with E-state index in [1.165, 1.54) is 25.7 Å². The molecular formula is C16H24BrIN4O. The molecule has 0 aromatic heterocycles. The molecule has 1 amide bonds. The highest BCUT2D eigenvalue weighted by Gasteiger charge is 2.10. The van der Waals surface area contributed by atoms with Gasteiger partial charge in [-0.25, -0.2) is 0 Å². The van der Waals surface area contributed by atoms with Gasteiger partial charge < -0.3 is 16.0 Å². The number of guanidine groups is 1. The lowest BCUT2D eigenvalue weighted by atomic mass is 10.2. The number of rotatable bonds is 4. The lowest BCUT2D eigenvalue weighted by Crippen LogP contribution is -2.38. The van der Waals surface area contributed by atoms with Crippen LogP contribution in [0.3, 0.4) is 0 Å². The third-order valence-corrected chi connectivity index (χ3v) is 4.24. The molecule has 1 saturated heterocycles. The zero-order valence-electron chi connectivity index (χ0n) is 13.1. The Morgan fingerprint density at radius 1 is 1.17 bits per heavy atom. The number of hydrogen-bond donors (Lipinski definition) is 2. The van der Waals surface area contributed by atoms with Gasteiger partial charge in [0.25, 0.3) is 5.91 Å². The number of amides is 1. The monoisotopic (exact) mass is 494 g/mol. The van der Waals surface area contributed by atoms with Crippen molar-refractivity contribution in [3.8, 4) is 0 Å². The summed E-state index contributed by atoms with van der Waals surface area (Å²) in [7, 11) is 0. The molecular weight excluding hydrogens is 471 g/mol. The molecule has 1 heterocycles. The van der Waals surface area contributed by atoms with E-state index >= 15 is 0 Å². The molecule has 1 aliphatic rings. The third kappa shape index (κ3) is 7.07. The Hall–Kier alpha value is -0.830. The molecule has 128 valence electrons. The van der Waals surface area contributed by atoms with Gasteiger partial charge in [-0.05, 0) is 37.1 Å². The van der Waals surface area contributed by atoms with Gasteiger partial charge in [0, 0.05) is 29.7 Å². The van der Waals surface area contributed by atoms with E-state index in [2.05, 4.69) is 31.1 Å². The van der Waals surface area contributed by atoms with Crippen LogP contribution < -0.4 is 11.1 Å². The summed E-state index contributed by atoms with van der Waals surface area (Å²) < 4.78 is 0.957. The first kappa shape index (κ1) is 20.2. The van der Waals surface area contributed by atoms with Crippen LogP contribution in [-0.4, -0.2) is 42.9 Å². The predicted molar refractivity (Wildman–Crippen MR) is 108 cm³/mol. The van der Waals surface area contributed by atoms with Crippen molar-refractivity contribution in [3.63, 3.8) is 0 Å². The van der Waals surface area contributed by atoms with Crippen molar-refractivity contribution in [1.29, 1.82) is 0 Å². The van der Waals surface area contributed by atoms with Crippen molar-refractivity contribution < 1.29 is 4.79 Å². The van der Waals surface area contributed by atoms with Crippen molar-refractivity contribution in [2.75, 3.05) is 26.2 Å². The Bertz CT molecular complexity index is 513. The molecule has 0 atom stereocenters. The number of nitrogens with zero attached hydrogens (tertiary/aromatic N) is 2. The standard InChI is InChI=1S/C16H23BrN4O.HI/c17-14-7-5-13(6-8-14)15(22)19-9-10-20-16(18)21-11-3-1-2-4-12-21;/h5-8H,1-4,9-12H2,(H2,18,20)(H,19,22);1H. The quantitative estimate of drug-likeness (QED) is 0.292. The Kier molecular flexibility index (Phi) is 9.54. The minimum Gasteiger partial charge on any atom is -0.370 e. The molecule has 3 N–H and O–H groups in total. The molecule has 1 aromatic carbocycles. The van der Waals surface area contributed by atoms with Crippen LogP contribution in [0.1, 0.15) is 36.0 Å². The molecule has 1 aromatic rings. The fraction of sp³-hybridized carbons (Fsp3) is 0.500. The average molecular weight is 495 g/mol. The normalized spacial score (nSPS) is 15.5.